The summed E-state index contributed by atoms with van der Waals surface area (Å²) in [5.41, 5.74) is 0.735. The Morgan fingerprint density at radius 3 is 2.75 bits per heavy atom. The number of allylic oxidation sites excluding steroid dienone is 3. The Kier molecular flexibility index (Phi) is 6.60. The molecule has 8 heteroatoms. The molecule has 2 aromatic heterocycles. The summed E-state index contributed by atoms with van der Waals surface area (Å²) in [6.45, 7) is 5.51. The quantitative estimate of drug-likeness (QED) is 0.552. The van der Waals surface area contributed by atoms with Gasteiger partial charge in [0, 0.05) is 30.0 Å². The van der Waals surface area contributed by atoms with Gasteiger partial charge >= 0.3 is 0 Å². The molecule has 1 saturated carbocycles. The van der Waals surface area contributed by atoms with Gasteiger partial charge in [0.25, 0.3) is 5.56 Å². The van der Waals surface area contributed by atoms with Crippen molar-refractivity contribution < 1.29 is 0 Å². The lowest BCUT2D eigenvalue weighted by molar-refractivity contribution is 0.575. The summed E-state index contributed by atoms with van der Waals surface area (Å²) in [5.74, 6) is 1.26. The lowest BCUT2D eigenvalue weighted by atomic mass is 10.2. The Hall–Kier alpha value is -2.93. The van der Waals surface area contributed by atoms with Crippen molar-refractivity contribution in [3.63, 3.8) is 0 Å². The summed E-state index contributed by atoms with van der Waals surface area (Å²) in [6, 6.07) is 5.63. The molecule has 0 saturated heterocycles. The zero-order chi connectivity index (χ0) is 19.9. The van der Waals surface area contributed by atoms with Crippen LogP contribution in [-0.2, 0) is 0 Å². The van der Waals surface area contributed by atoms with E-state index in [4.69, 9.17) is 11.6 Å². The fraction of sp³-hybridized carbons (Fsp3) is 0.300. The first-order chi connectivity index (χ1) is 13.5. The predicted molar refractivity (Wildman–Crippen MR) is 114 cm³/mol. The Morgan fingerprint density at radius 2 is 2.04 bits per heavy atom. The van der Waals surface area contributed by atoms with Crippen LogP contribution in [0, 0.1) is 0 Å². The van der Waals surface area contributed by atoms with Crippen LogP contribution in [0.1, 0.15) is 26.2 Å². The fourth-order valence-corrected chi connectivity index (χ4v) is 3.26. The SMILES string of the molecule is C=N/C(=C\C=C(/C)n1ccccc1=O)N[C@H]1CC[C@H](Nc2ncc(Cl)cn2)C1. The average molecular weight is 399 g/mol. The van der Waals surface area contributed by atoms with Crippen LogP contribution in [0.15, 0.2) is 64.5 Å². The Labute approximate surface area is 168 Å². The summed E-state index contributed by atoms with van der Waals surface area (Å²) in [7, 11) is 0. The van der Waals surface area contributed by atoms with E-state index in [1.807, 2.05) is 25.1 Å². The normalized spacial score (nSPS) is 20.1. The number of rotatable bonds is 7. The molecule has 28 heavy (non-hydrogen) atoms. The number of pyridine rings is 1. The molecule has 0 unspecified atom stereocenters. The predicted octanol–water partition coefficient (Wildman–Crippen LogP) is 3.32. The molecule has 0 aromatic carbocycles. The van der Waals surface area contributed by atoms with Gasteiger partial charge in [-0.2, -0.15) is 0 Å². The maximum Gasteiger partial charge on any atom is 0.254 e. The maximum absolute atomic E-state index is 11.9. The number of anilines is 1. The molecule has 1 aliphatic carbocycles. The third-order valence-electron chi connectivity index (χ3n) is 4.59. The van der Waals surface area contributed by atoms with Crippen molar-refractivity contribution in [2.75, 3.05) is 5.32 Å². The number of aliphatic imine (C=N–C) groups is 1. The van der Waals surface area contributed by atoms with E-state index in [1.54, 1.807) is 29.2 Å². The zero-order valence-electron chi connectivity index (χ0n) is 15.7. The highest BCUT2D eigenvalue weighted by molar-refractivity contribution is 6.30. The van der Waals surface area contributed by atoms with Crippen molar-refractivity contribution in [2.45, 2.75) is 38.3 Å². The van der Waals surface area contributed by atoms with Crippen LogP contribution >= 0.6 is 11.6 Å². The summed E-state index contributed by atoms with van der Waals surface area (Å²) < 4.78 is 1.58. The molecule has 0 aliphatic heterocycles. The molecule has 0 amide bonds. The van der Waals surface area contributed by atoms with Gasteiger partial charge in [0.2, 0.25) is 5.95 Å². The number of nitrogens with zero attached hydrogens (tertiary/aromatic N) is 4. The molecule has 0 radical (unpaired) electrons. The molecule has 0 spiro atoms. The number of hydrogen-bond donors (Lipinski definition) is 2. The summed E-state index contributed by atoms with van der Waals surface area (Å²) >= 11 is 5.82. The van der Waals surface area contributed by atoms with Crippen molar-refractivity contribution in [3.05, 3.63) is 70.1 Å². The van der Waals surface area contributed by atoms with Crippen LogP contribution in [0.5, 0.6) is 0 Å². The Morgan fingerprint density at radius 1 is 1.29 bits per heavy atom. The minimum absolute atomic E-state index is 0.0696. The second kappa shape index (κ2) is 9.32. The topological polar surface area (TPSA) is 84.2 Å². The van der Waals surface area contributed by atoms with E-state index in [9.17, 15) is 4.79 Å². The first-order valence-corrected chi connectivity index (χ1v) is 9.47. The molecule has 2 N–H and O–H groups in total. The maximum atomic E-state index is 11.9. The van der Waals surface area contributed by atoms with Crippen molar-refractivity contribution in [2.24, 2.45) is 4.99 Å². The third-order valence-corrected chi connectivity index (χ3v) is 4.79. The van der Waals surface area contributed by atoms with Gasteiger partial charge in [-0.05, 0) is 51.1 Å². The van der Waals surface area contributed by atoms with Crippen LogP contribution < -0.4 is 16.2 Å². The van der Waals surface area contributed by atoms with Crippen molar-refractivity contribution in [3.8, 4) is 0 Å². The zero-order valence-corrected chi connectivity index (χ0v) is 16.4. The van der Waals surface area contributed by atoms with E-state index >= 15 is 0 Å². The van der Waals surface area contributed by atoms with Gasteiger partial charge in [-0.1, -0.05) is 17.7 Å². The Bertz CT molecular complexity index is 934. The Balaban J connectivity index is 1.59. The molecule has 7 nitrogen and oxygen atoms in total. The van der Waals surface area contributed by atoms with E-state index in [1.165, 1.54) is 6.07 Å². The van der Waals surface area contributed by atoms with Crippen LogP contribution in [0.2, 0.25) is 5.02 Å². The highest BCUT2D eigenvalue weighted by Gasteiger charge is 2.25. The number of nitrogens with one attached hydrogen (secondary N) is 2. The molecular formula is C20H23ClN6O. The third kappa shape index (κ3) is 5.29. The van der Waals surface area contributed by atoms with Crippen molar-refractivity contribution in [1.29, 1.82) is 0 Å². The molecule has 2 atom stereocenters. The minimum atomic E-state index is -0.0696. The standard InChI is InChI=1S/C20H23ClN6O/c1-14(27-10-4-3-5-19(27)28)6-9-18(22-2)25-16-7-8-17(11-16)26-20-23-12-15(21)13-24-20/h3-6,9-10,12-13,16-17,25H,2,7-8,11H2,1H3,(H,23,24,26)/b14-6+,18-9+/t16-,17-/m0/s1. The number of halogens is 1. The van der Waals surface area contributed by atoms with Crippen LogP contribution in [0.4, 0.5) is 5.95 Å². The summed E-state index contributed by atoms with van der Waals surface area (Å²) in [5, 5.41) is 7.26. The second-order valence-corrected chi connectivity index (χ2v) is 7.08. The highest BCUT2D eigenvalue weighted by Crippen LogP contribution is 2.23. The van der Waals surface area contributed by atoms with Gasteiger partial charge in [-0.15, -0.1) is 0 Å². The fourth-order valence-electron chi connectivity index (χ4n) is 3.17. The van der Waals surface area contributed by atoms with Crippen LogP contribution in [-0.4, -0.2) is 33.3 Å². The van der Waals surface area contributed by atoms with E-state index in [0.717, 1.165) is 25.0 Å². The highest BCUT2D eigenvalue weighted by atomic mass is 35.5. The first-order valence-electron chi connectivity index (χ1n) is 9.09. The van der Waals surface area contributed by atoms with Gasteiger partial charge in [0.1, 0.15) is 5.82 Å². The average Bonchev–Trinajstić information content (AvgIpc) is 3.14. The molecule has 1 aliphatic rings. The summed E-state index contributed by atoms with van der Waals surface area (Å²) in [4.78, 5) is 24.3. The summed E-state index contributed by atoms with van der Waals surface area (Å²) in [6.07, 6.45) is 11.5. The van der Waals surface area contributed by atoms with E-state index < -0.39 is 0 Å². The van der Waals surface area contributed by atoms with Gasteiger partial charge in [-0.3, -0.25) is 9.36 Å². The molecule has 2 heterocycles. The second-order valence-electron chi connectivity index (χ2n) is 6.65. The van der Waals surface area contributed by atoms with Crippen molar-refractivity contribution in [1.82, 2.24) is 19.9 Å². The smallest absolute Gasteiger partial charge is 0.254 e. The molecule has 1 fully saturated rings. The van der Waals surface area contributed by atoms with Gasteiger partial charge < -0.3 is 10.6 Å². The minimum Gasteiger partial charge on any atom is -0.367 e. The van der Waals surface area contributed by atoms with Gasteiger partial charge in [0.05, 0.1) is 17.4 Å². The lowest BCUT2D eigenvalue weighted by Gasteiger charge is -2.15. The molecular weight excluding hydrogens is 376 g/mol. The van der Waals surface area contributed by atoms with Crippen molar-refractivity contribution >= 4 is 30.0 Å². The molecule has 0 bridgehead atoms. The van der Waals surface area contributed by atoms with E-state index in [2.05, 4.69) is 32.3 Å². The van der Waals surface area contributed by atoms with E-state index in [-0.39, 0.29) is 17.6 Å². The van der Waals surface area contributed by atoms with Crippen LogP contribution in [0.25, 0.3) is 5.70 Å². The number of aromatic nitrogens is 3. The largest absolute Gasteiger partial charge is 0.367 e. The molecule has 3 rings (SSSR count). The first kappa shape index (κ1) is 19.8. The molecule has 146 valence electrons. The van der Waals surface area contributed by atoms with Crippen LogP contribution in [0.3, 0.4) is 0 Å². The molecule has 2 aromatic rings. The number of hydrogen-bond acceptors (Lipinski definition) is 6. The monoisotopic (exact) mass is 398 g/mol. The van der Waals surface area contributed by atoms with E-state index in [0.29, 0.717) is 16.8 Å². The lowest BCUT2D eigenvalue weighted by Crippen LogP contribution is -2.27. The van der Waals surface area contributed by atoms with Gasteiger partial charge in [0.15, 0.2) is 0 Å². The van der Waals surface area contributed by atoms with Gasteiger partial charge in [-0.25, -0.2) is 15.0 Å².